The summed E-state index contributed by atoms with van der Waals surface area (Å²) in [6.45, 7) is 10.4. The van der Waals surface area contributed by atoms with Gasteiger partial charge in [0.1, 0.15) is 0 Å². The Morgan fingerprint density at radius 3 is 2.28 bits per heavy atom. The molecule has 0 N–H and O–H groups in total. The molecule has 1 aliphatic heterocycles. The molecule has 2 rings (SSSR count). The van der Waals surface area contributed by atoms with Crippen LogP contribution in [0, 0.1) is 0 Å². The Labute approximate surface area is 122 Å². The van der Waals surface area contributed by atoms with E-state index in [4.69, 9.17) is 9.31 Å². The van der Waals surface area contributed by atoms with E-state index in [-0.39, 0.29) is 18.3 Å². The van der Waals surface area contributed by atoms with E-state index in [1.807, 2.05) is 0 Å². The number of thiophene rings is 1. The molecule has 0 aliphatic carbocycles. The van der Waals surface area contributed by atoms with Gasteiger partial charge in [-0.15, -0.1) is 11.3 Å². The minimum atomic E-state index is -0.273. The molecule has 1 fully saturated rings. The van der Waals surface area contributed by atoms with Crippen LogP contribution in [0.3, 0.4) is 0 Å². The highest BCUT2D eigenvalue weighted by Gasteiger charge is 2.50. The van der Waals surface area contributed by atoms with Crippen molar-refractivity contribution in [1.82, 2.24) is 0 Å². The molecule has 2 heterocycles. The van der Waals surface area contributed by atoms with E-state index in [0.29, 0.717) is 0 Å². The maximum atomic E-state index is 5.96. The molecule has 0 amide bonds. The van der Waals surface area contributed by atoms with Crippen LogP contribution < -0.4 is 0 Å². The number of allylic oxidation sites excluding steroid dienone is 1. The molecule has 0 atom stereocenters. The van der Waals surface area contributed by atoms with Gasteiger partial charge in [0.2, 0.25) is 0 Å². The summed E-state index contributed by atoms with van der Waals surface area (Å²) in [4.78, 5) is 1.23. The quantitative estimate of drug-likeness (QED) is 0.742. The lowest BCUT2D eigenvalue weighted by molar-refractivity contribution is 0.00578. The first-order valence-electron chi connectivity index (χ1n) is 6.00. The Hall–Kier alpha value is -0.0951. The fraction of sp³-hybridized carbons (Fsp3) is 0.538. The highest BCUT2D eigenvalue weighted by Crippen LogP contribution is 2.38. The molecule has 0 spiro atoms. The van der Waals surface area contributed by atoms with Crippen molar-refractivity contribution in [2.24, 2.45) is 0 Å². The minimum absolute atomic E-state index is 0.268. The normalized spacial score (nSPS) is 22.6. The molecule has 1 aromatic rings. The molecule has 18 heavy (non-hydrogen) atoms. The van der Waals surface area contributed by atoms with Gasteiger partial charge in [-0.2, -0.15) is 0 Å². The molecule has 0 aromatic carbocycles. The molecule has 5 heteroatoms. The predicted octanol–water partition coefficient (Wildman–Crippen LogP) is 4.55. The van der Waals surface area contributed by atoms with Gasteiger partial charge in [-0.05, 0) is 68.2 Å². The van der Waals surface area contributed by atoms with E-state index in [1.165, 1.54) is 10.5 Å². The SMILES string of the molecule is C/C(=C/B1OC(C)(C)C(C)(C)O1)c1cc(Br)cs1. The second-order valence-corrected chi connectivity index (χ2v) is 7.43. The summed E-state index contributed by atoms with van der Waals surface area (Å²) in [5, 5.41) is 2.08. The van der Waals surface area contributed by atoms with Crippen LogP contribution in [0.4, 0.5) is 0 Å². The van der Waals surface area contributed by atoms with Crippen molar-refractivity contribution in [2.75, 3.05) is 0 Å². The van der Waals surface area contributed by atoms with Gasteiger partial charge in [0.25, 0.3) is 0 Å². The van der Waals surface area contributed by atoms with Crippen LogP contribution in [0.25, 0.3) is 5.57 Å². The van der Waals surface area contributed by atoms with Gasteiger partial charge in [-0.25, -0.2) is 0 Å². The summed E-state index contributed by atoms with van der Waals surface area (Å²) in [7, 11) is -0.268. The third-order valence-corrected chi connectivity index (χ3v) is 5.44. The lowest BCUT2D eigenvalue weighted by Crippen LogP contribution is -2.41. The average molecular weight is 329 g/mol. The molecule has 98 valence electrons. The Morgan fingerprint density at radius 2 is 1.83 bits per heavy atom. The molecular weight excluding hydrogens is 311 g/mol. The molecule has 0 radical (unpaired) electrons. The number of rotatable bonds is 2. The third kappa shape index (κ3) is 2.74. The standard InChI is InChI=1S/C13H18BBrO2S/c1-9(11-6-10(15)8-18-11)7-14-16-12(2,3)13(4,5)17-14/h6-8H,1-5H3/b9-7-. The minimum Gasteiger partial charge on any atom is -0.400 e. The monoisotopic (exact) mass is 328 g/mol. The Kier molecular flexibility index (Phi) is 3.80. The Morgan fingerprint density at radius 1 is 1.28 bits per heavy atom. The summed E-state index contributed by atoms with van der Waals surface area (Å²) >= 11 is 5.18. The Balaban J connectivity index is 2.16. The van der Waals surface area contributed by atoms with Crippen LogP contribution >= 0.6 is 27.3 Å². The van der Waals surface area contributed by atoms with Gasteiger partial charge in [0.05, 0.1) is 11.2 Å². The first-order chi connectivity index (χ1) is 8.21. The first-order valence-corrected chi connectivity index (χ1v) is 7.67. The maximum Gasteiger partial charge on any atom is 0.487 e. The maximum absolute atomic E-state index is 5.96. The fourth-order valence-electron chi connectivity index (χ4n) is 1.76. The van der Waals surface area contributed by atoms with Crippen molar-refractivity contribution >= 4 is 40.0 Å². The molecule has 1 aromatic heterocycles. The number of halogens is 1. The smallest absolute Gasteiger partial charge is 0.400 e. The summed E-state index contributed by atoms with van der Waals surface area (Å²) < 4.78 is 13.0. The second-order valence-electron chi connectivity index (χ2n) is 5.60. The number of hydrogen-bond donors (Lipinski definition) is 0. The van der Waals surface area contributed by atoms with Crippen LogP contribution in [-0.4, -0.2) is 18.3 Å². The topological polar surface area (TPSA) is 18.5 Å². The van der Waals surface area contributed by atoms with Gasteiger partial charge in [0, 0.05) is 14.7 Å². The highest BCUT2D eigenvalue weighted by atomic mass is 79.9. The van der Waals surface area contributed by atoms with Crippen LogP contribution in [0.1, 0.15) is 39.5 Å². The van der Waals surface area contributed by atoms with Crippen molar-refractivity contribution in [3.8, 4) is 0 Å². The third-order valence-electron chi connectivity index (χ3n) is 3.61. The summed E-state index contributed by atoms with van der Waals surface area (Å²) in [6.07, 6.45) is 0. The van der Waals surface area contributed by atoms with Gasteiger partial charge >= 0.3 is 7.12 Å². The largest absolute Gasteiger partial charge is 0.487 e. The Bertz CT molecular complexity index is 463. The van der Waals surface area contributed by atoms with E-state index < -0.39 is 0 Å². The zero-order valence-corrected chi connectivity index (χ0v) is 13.8. The molecule has 0 bridgehead atoms. The van der Waals surface area contributed by atoms with Crippen LogP contribution in [0.2, 0.25) is 0 Å². The van der Waals surface area contributed by atoms with E-state index >= 15 is 0 Å². The molecule has 1 saturated heterocycles. The summed E-state index contributed by atoms with van der Waals surface area (Å²) in [5.74, 6) is 2.05. The highest BCUT2D eigenvalue weighted by molar-refractivity contribution is 9.10. The zero-order chi connectivity index (χ0) is 13.6. The van der Waals surface area contributed by atoms with E-state index in [9.17, 15) is 0 Å². The van der Waals surface area contributed by atoms with E-state index in [1.54, 1.807) is 11.3 Å². The van der Waals surface area contributed by atoms with Crippen molar-refractivity contribution in [1.29, 1.82) is 0 Å². The first kappa shape index (κ1) is 14.3. The number of hydrogen-bond acceptors (Lipinski definition) is 3. The lowest BCUT2D eigenvalue weighted by atomic mass is 9.87. The summed E-state index contributed by atoms with van der Waals surface area (Å²) in [6, 6.07) is 2.11. The average Bonchev–Trinajstić information content (AvgIpc) is 2.69. The zero-order valence-electron chi connectivity index (χ0n) is 11.4. The second kappa shape index (κ2) is 4.78. The van der Waals surface area contributed by atoms with Gasteiger partial charge in [0.15, 0.2) is 0 Å². The van der Waals surface area contributed by atoms with Gasteiger partial charge < -0.3 is 9.31 Å². The van der Waals surface area contributed by atoms with Crippen LogP contribution in [-0.2, 0) is 9.31 Å². The van der Waals surface area contributed by atoms with Crippen molar-refractivity contribution < 1.29 is 9.31 Å². The molecule has 0 saturated carbocycles. The summed E-state index contributed by atoms with van der Waals surface area (Å²) in [5.41, 5.74) is 0.638. The van der Waals surface area contributed by atoms with Crippen molar-refractivity contribution in [3.05, 3.63) is 26.8 Å². The van der Waals surface area contributed by atoms with Crippen molar-refractivity contribution in [2.45, 2.75) is 45.8 Å². The van der Waals surface area contributed by atoms with Gasteiger partial charge in [-0.1, -0.05) is 0 Å². The van der Waals surface area contributed by atoms with Crippen LogP contribution in [0.15, 0.2) is 21.9 Å². The predicted molar refractivity (Wildman–Crippen MR) is 81.8 cm³/mol. The molecule has 2 nitrogen and oxygen atoms in total. The van der Waals surface area contributed by atoms with Crippen molar-refractivity contribution in [3.63, 3.8) is 0 Å². The fourth-order valence-corrected chi connectivity index (χ4v) is 3.18. The lowest BCUT2D eigenvalue weighted by Gasteiger charge is -2.32. The molecule has 1 aliphatic rings. The van der Waals surface area contributed by atoms with Gasteiger partial charge in [-0.3, -0.25) is 0 Å². The molecular formula is C13H18BBrO2S. The van der Waals surface area contributed by atoms with E-state index in [0.717, 1.165) is 4.47 Å². The van der Waals surface area contributed by atoms with E-state index in [2.05, 4.69) is 68.0 Å². The van der Waals surface area contributed by atoms with Crippen LogP contribution in [0.5, 0.6) is 0 Å². The molecule has 0 unspecified atom stereocenters.